The minimum atomic E-state index is -0.706. The molecule has 2 rings (SSSR count). The molecule has 1 aromatic carbocycles. The summed E-state index contributed by atoms with van der Waals surface area (Å²) in [6, 6.07) is 2.35. The van der Waals surface area contributed by atoms with Gasteiger partial charge < -0.3 is 9.84 Å². The average Bonchev–Trinajstić information content (AvgIpc) is 3.44. The van der Waals surface area contributed by atoms with Crippen molar-refractivity contribution in [1.82, 2.24) is 0 Å². The zero-order valence-electron chi connectivity index (χ0n) is 19.6. The van der Waals surface area contributed by atoms with Gasteiger partial charge in [0.05, 0.1) is 5.41 Å². The van der Waals surface area contributed by atoms with Crippen molar-refractivity contribution in [3.05, 3.63) is 33.9 Å². The molecule has 0 spiro atoms. The van der Waals surface area contributed by atoms with Gasteiger partial charge in [-0.05, 0) is 120 Å². The number of carboxylic acids is 1. The van der Waals surface area contributed by atoms with Gasteiger partial charge in [-0.2, -0.15) is 0 Å². The van der Waals surface area contributed by atoms with E-state index in [1.807, 2.05) is 13.8 Å². The van der Waals surface area contributed by atoms with Gasteiger partial charge >= 0.3 is 5.97 Å². The number of rotatable bonds is 14. The van der Waals surface area contributed by atoms with Gasteiger partial charge in [-0.1, -0.05) is 18.9 Å². The SMILES string of the molecule is Cc1cc(CCCCC2(OC=O)CC2)c(C)c(CCCCCC(C)(C)C(=O)O)c1C. The first-order chi connectivity index (χ1) is 14.1. The largest absolute Gasteiger partial charge is 0.481 e. The maximum absolute atomic E-state index is 11.2. The molecule has 1 saturated carbocycles. The van der Waals surface area contributed by atoms with E-state index >= 15 is 0 Å². The second-order valence-electron chi connectivity index (χ2n) is 9.94. The number of hydrogen-bond acceptors (Lipinski definition) is 3. The van der Waals surface area contributed by atoms with Crippen LogP contribution in [0.25, 0.3) is 0 Å². The maximum Gasteiger partial charge on any atom is 0.309 e. The Balaban J connectivity index is 1.86. The molecule has 1 aliphatic rings. The zero-order chi connectivity index (χ0) is 22.4. The maximum atomic E-state index is 11.2. The average molecular weight is 417 g/mol. The van der Waals surface area contributed by atoms with Crippen molar-refractivity contribution in [3.63, 3.8) is 0 Å². The lowest BCUT2D eigenvalue weighted by Crippen LogP contribution is -2.23. The Bertz CT molecular complexity index is 744. The number of hydrogen-bond donors (Lipinski definition) is 1. The Kier molecular flexibility index (Phi) is 8.52. The fourth-order valence-electron chi connectivity index (χ4n) is 4.41. The van der Waals surface area contributed by atoms with Gasteiger partial charge in [0.2, 0.25) is 0 Å². The van der Waals surface area contributed by atoms with Crippen molar-refractivity contribution in [3.8, 4) is 0 Å². The van der Waals surface area contributed by atoms with Crippen molar-refractivity contribution in [2.45, 2.75) is 111 Å². The molecular formula is C26H40O4. The number of carbonyl (C=O) groups excluding carboxylic acids is 1. The number of aliphatic carboxylic acids is 1. The van der Waals surface area contributed by atoms with E-state index in [0.717, 1.165) is 70.6 Å². The molecule has 1 fully saturated rings. The van der Waals surface area contributed by atoms with Crippen LogP contribution in [-0.2, 0) is 27.2 Å². The van der Waals surface area contributed by atoms with E-state index in [-0.39, 0.29) is 5.60 Å². The summed E-state index contributed by atoms with van der Waals surface area (Å²) in [5.74, 6) is -0.706. The first kappa shape index (κ1) is 24.4. The minimum absolute atomic E-state index is 0.139. The summed E-state index contributed by atoms with van der Waals surface area (Å²) in [4.78, 5) is 21.9. The third-order valence-electron chi connectivity index (χ3n) is 7.11. The molecular weight excluding hydrogens is 376 g/mol. The fourth-order valence-corrected chi connectivity index (χ4v) is 4.41. The van der Waals surface area contributed by atoms with E-state index in [9.17, 15) is 14.7 Å². The van der Waals surface area contributed by atoms with E-state index in [1.54, 1.807) is 0 Å². The summed E-state index contributed by atoms with van der Waals surface area (Å²) < 4.78 is 5.26. The lowest BCUT2D eigenvalue weighted by molar-refractivity contribution is -0.147. The predicted molar refractivity (Wildman–Crippen MR) is 121 cm³/mol. The highest BCUT2D eigenvalue weighted by Gasteiger charge is 2.44. The highest BCUT2D eigenvalue weighted by molar-refractivity contribution is 5.73. The van der Waals surface area contributed by atoms with Crippen LogP contribution in [0.4, 0.5) is 0 Å². The number of unbranched alkanes of at least 4 members (excludes halogenated alkanes) is 3. The highest BCUT2D eigenvalue weighted by atomic mass is 16.5. The van der Waals surface area contributed by atoms with Gasteiger partial charge in [0.15, 0.2) is 0 Å². The number of benzene rings is 1. The van der Waals surface area contributed by atoms with E-state index in [0.29, 0.717) is 6.47 Å². The van der Waals surface area contributed by atoms with Crippen LogP contribution in [0.15, 0.2) is 6.07 Å². The van der Waals surface area contributed by atoms with Crippen molar-refractivity contribution in [2.75, 3.05) is 0 Å². The smallest absolute Gasteiger partial charge is 0.309 e. The molecule has 1 N–H and O–H groups in total. The zero-order valence-corrected chi connectivity index (χ0v) is 19.6. The van der Waals surface area contributed by atoms with Crippen molar-refractivity contribution in [1.29, 1.82) is 0 Å². The second kappa shape index (κ2) is 10.5. The molecule has 0 aliphatic heterocycles. The molecule has 4 nitrogen and oxygen atoms in total. The number of carbonyl (C=O) groups is 2. The molecule has 0 atom stereocenters. The second-order valence-corrected chi connectivity index (χ2v) is 9.94. The van der Waals surface area contributed by atoms with Crippen molar-refractivity contribution < 1.29 is 19.4 Å². The monoisotopic (exact) mass is 416 g/mol. The molecule has 0 aromatic heterocycles. The highest BCUT2D eigenvalue weighted by Crippen LogP contribution is 2.43. The minimum Gasteiger partial charge on any atom is -0.481 e. The molecule has 1 aromatic rings. The molecule has 0 bridgehead atoms. The van der Waals surface area contributed by atoms with E-state index in [2.05, 4.69) is 26.8 Å². The standard InChI is InChI=1S/C26H40O4/c1-19-17-22(11-8-10-14-26(15-16-26)30-18-27)21(3)23(20(19)2)12-7-6-9-13-25(4,5)24(28)29/h17-18H,6-16H2,1-5H3,(H,28,29). The van der Waals surface area contributed by atoms with E-state index < -0.39 is 11.4 Å². The first-order valence-electron chi connectivity index (χ1n) is 11.6. The Labute approximate surface area is 182 Å². The summed E-state index contributed by atoms with van der Waals surface area (Å²) in [6.07, 6.45) is 11.2. The summed E-state index contributed by atoms with van der Waals surface area (Å²) >= 11 is 0. The van der Waals surface area contributed by atoms with E-state index in [4.69, 9.17) is 4.74 Å². The summed E-state index contributed by atoms with van der Waals surface area (Å²) in [6.45, 7) is 10.9. The van der Waals surface area contributed by atoms with Gasteiger partial charge in [-0.3, -0.25) is 9.59 Å². The van der Waals surface area contributed by atoms with Crippen molar-refractivity contribution in [2.24, 2.45) is 5.41 Å². The molecule has 0 amide bonds. The summed E-state index contributed by atoms with van der Waals surface area (Å²) in [5.41, 5.74) is 6.35. The van der Waals surface area contributed by atoms with Crippen LogP contribution in [0.1, 0.15) is 99.5 Å². The lowest BCUT2D eigenvalue weighted by Gasteiger charge is -2.19. The molecule has 0 saturated heterocycles. The summed E-state index contributed by atoms with van der Waals surface area (Å²) in [7, 11) is 0. The fraction of sp³-hybridized carbons (Fsp3) is 0.692. The molecule has 1 aliphatic carbocycles. The predicted octanol–water partition coefficient (Wildman–Crippen LogP) is 6.24. The van der Waals surface area contributed by atoms with Gasteiger partial charge in [-0.15, -0.1) is 0 Å². The Morgan fingerprint density at radius 3 is 2.33 bits per heavy atom. The Morgan fingerprint density at radius 2 is 1.73 bits per heavy atom. The van der Waals surface area contributed by atoms with Gasteiger partial charge in [-0.25, -0.2) is 0 Å². The van der Waals surface area contributed by atoms with E-state index in [1.165, 1.54) is 27.8 Å². The van der Waals surface area contributed by atoms with Crippen LogP contribution in [0, 0.1) is 26.2 Å². The molecule has 0 radical (unpaired) electrons. The molecule has 168 valence electrons. The third kappa shape index (κ3) is 6.58. The number of carboxylic acid groups (broad SMARTS) is 1. The third-order valence-corrected chi connectivity index (χ3v) is 7.11. The topological polar surface area (TPSA) is 63.6 Å². The van der Waals surface area contributed by atoms with Gasteiger partial charge in [0.25, 0.3) is 6.47 Å². The molecule has 0 unspecified atom stereocenters. The number of ether oxygens (including phenoxy) is 1. The Morgan fingerprint density at radius 1 is 1.07 bits per heavy atom. The van der Waals surface area contributed by atoms with Gasteiger partial charge in [0, 0.05) is 0 Å². The Hall–Kier alpha value is -1.84. The van der Waals surface area contributed by atoms with Crippen LogP contribution in [0.2, 0.25) is 0 Å². The summed E-state index contributed by atoms with van der Waals surface area (Å²) in [5, 5.41) is 9.25. The van der Waals surface area contributed by atoms with Crippen LogP contribution in [0.3, 0.4) is 0 Å². The van der Waals surface area contributed by atoms with Crippen LogP contribution in [0.5, 0.6) is 0 Å². The lowest BCUT2D eigenvalue weighted by atomic mass is 9.86. The normalized spacial score (nSPS) is 15.1. The van der Waals surface area contributed by atoms with Gasteiger partial charge in [0.1, 0.15) is 5.60 Å². The number of aryl methyl sites for hydroxylation is 2. The quantitative estimate of drug-likeness (QED) is 0.288. The first-order valence-corrected chi connectivity index (χ1v) is 11.6. The van der Waals surface area contributed by atoms with Crippen LogP contribution in [-0.4, -0.2) is 23.1 Å². The van der Waals surface area contributed by atoms with Crippen LogP contribution >= 0.6 is 0 Å². The molecule has 4 heteroatoms. The van der Waals surface area contributed by atoms with Crippen LogP contribution < -0.4 is 0 Å². The van der Waals surface area contributed by atoms with Crippen molar-refractivity contribution >= 4 is 12.4 Å². The molecule has 0 heterocycles. The molecule has 30 heavy (non-hydrogen) atoms.